The third kappa shape index (κ3) is 7.55. The second kappa shape index (κ2) is 12.9. The van der Waals surface area contributed by atoms with Crippen molar-refractivity contribution < 1.29 is 18.0 Å². The van der Waals surface area contributed by atoms with Crippen molar-refractivity contribution in [3.05, 3.63) is 95.6 Å². The van der Waals surface area contributed by atoms with E-state index in [0.29, 0.717) is 26.1 Å². The van der Waals surface area contributed by atoms with Gasteiger partial charge in [0, 0.05) is 52.2 Å². The van der Waals surface area contributed by atoms with Crippen molar-refractivity contribution in [1.82, 2.24) is 14.7 Å². The summed E-state index contributed by atoms with van der Waals surface area (Å²) in [7, 11) is 1.90. The molecule has 0 unspecified atom stereocenters. The highest BCUT2D eigenvalue weighted by Gasteiger charge is 2.33. The summed E-state index contributed by atoms with van der Waals surface area (Å²) in [6, 6.07) is 11.7. The predicted molar refractivity (Wildman–Crippen MR) is 138 cm³/mol. The number of fused-ring (bicyclic) bond motifs is 1. The van der Waals surface area contributed by atoms with E-state index in [4.69, 9.17) is 0 Å². The molecule has 194 valence electrons. The minimum Gasteiger partial charge on any atom is -0.337 e. The number of hydrogen-bond donors (Lipinski definition) is 0. The van der Waals surface area contributed by atoms with Gasteiger partial charge >= 0.3 is 6.18 Å². The third-order valence-electron chi connectivity index (χ3n) is 6.67. The molecule has 3 rings (SSSR count). The molecule has 0 fully saturated rings. The minimum absolute atomic E-state index is 0.0730. The van der Waals surface area contributed by atoms with E-state index >= 15 is 0 Å². The Hall–Kier alpha value is -2.90. The van der Waals surface area contributed by atoms with Crippen LogP contribution >= 0.6 is 0 Å². The maximum Gasteiger partial charge on any atom is 0.416 e. The number of nitrogens with zero attached hydrogens (tertiary/aromatic N) is 3. The maximum absolute atomic E-state index is 13.6. The molecule has 1 heterocycles. The summed E-state index contributed by atoms with van der Waals surface area (Å²) in [6.07, 6.45) is 0.962. The first-order valence-corrected chi connectivity index (χ1v) is 12.4. The second-order valence-corrected chi connectivity index (χ2v) is 9.35. The summed E-state index contributed by atoms with van der Waals surface area (Å²) in [6.45, 7) is 11.6. The Morgan fingerprint density at radius 1 is 1.06 bits per heavy atom. The molecule has 0 saturated heterocycles. The topological polar surface area (TPSA) is 26.8 Å². The summed E-state index contributed by atoms with van der Waals surface area (Å²) in [4.78, 5) is 19.2. The van der Waals surface area contributed by atoms with Crippen molar-refractivity contribution in [2.24, 2.45) is 0 Å². The lowest BCUT2D eigenvalue weighted by Gasteiger charge is -2.30. The molecule has 2 aromatic rings. The Morgan fingerprint density at radius 3 is 2.53 bits per heavy atom. The summed E-state index contributed by atoms with van der Waals surface area (Å²) in [5, 5.41) is 0. The van der Waals surface area contributed by atoms with Gasteiger partial charge in [-0.25, -0.2) is 0 Å². The number of carbonyl (C=O) groups is 1. The van der Waals surface area contributed by atoms with Crippen LogP contribution in [0.15, 0.2) is 67.8 Å². The Labute approximate surface area is 212 Å². The van der Waals surface area contributed by atoms with E-state index in [0.717, 1.165) is 37.7 Å². The molecule has 1 aliphatic rings. The van der Waals surface area contributed by atoms with Gasteiger partial charge < -0.3 is 9.80 Å². The molecule has 1 aliphatic heterocycles. The highest BCUT2D eigenvalue weighted by atomic mass is 19.4. The van der Waals surface area contributed by atoms with Crippen LogP contribution in [0, 0.1) is 0 Å². The first-order valence-electron chi connectivity index (χ1n) is 12.4. The van der Waals surface area contributed by atoms with Crippen LogP contribution in [0.1, 0.15) is 34.2 Å². The second-order valence-electron chi connectivity index (χ2n) is 9.35. The number of rotatable bonds is 12. The molecular weight excluding hydrogens is 463 g/mol. The van der Waals surface area contributed by atoms with Gasteiger partial charge in [0.05, 0.1) is 5.56 Å². The molecule has 7 heteroatoms. The van der Waals surface area contributed by atoms with Gasteiger partial charge in [0.1, 0.15) is 0 Å². The van der Waals surface area contributed by atoms with Gasteiger partial charge in [-0.05, 0) is 48.2 Å². The van der Waals surface area contributed by atoms with Gasteiger partial charge in [0.2, 0.25) is 5.91 Å². The van der Waals surface area contributed by atoms with E-state index in [1.807, 2.05) is 24.1 Å². The quantitative estimate of drug-likeness (QED) is 0.370. The van der Waals surface area contributed by atoms with E-state index in [-0.39, 0.29) is 24.4 Å². The zero-order valence-corrected chi connectivity index (χ0v) is 21.1. The molecule has 1 amide bonds. The molecule has 4 nitrogen and oxygen atoms in total. The first-order chi connectivity index (χ1) is 17.2. The van der Waals surface area contributed by atoms with Crippen LogP contribution in [0.4, 0.5) is 13.2 Å². The Balaban J connectivity index is 1.76. The normalized spacial score (nSPS) is 13.9. The summed E-state index contributed by atoms with van der Waals surface area (Å²) < 4.78 is 40.8. The lowest BCUT2D eigenvalue weighted by atomic mass is 9.92. The molecule has 0 saturated carbocycles. The highest BCUT2D eigenvalue weighted by molar-refractivity contribution is 5.76. The standard InChI is InChI=1S/C29H36F3N3O/c1-4-16-33(3)19-20-35(21-25-9-6-7-12-27(25)29(30,31)32)28(36)14-13-23-10-8-11-24-15-18-34(17-5-2)22-26(23)24/h4-12H,1-2,13-22H2,3H3. The van der Waals surface area contributed by atoms with Crippen LogP contribution in [-0.2, 0) is 36.9 Å². The molecular formula is C29H36F3N3O. The van der Waals surface area contributed by atoms with Crippen LogP contribution in [0.5, 0.6) is 0 Å². The highest BCUT2D eigenvalue weighted by Crippen LogP contribution is 2.32. The zero-order chi connectivity index (χ0) is 26.1. The number of halogens is 3. The van der Waals surface area contributed by atoms with E-state index < -0.39 is 11.7 Å². The number of aryl methyl sites for hydroxylation is 1. The molecule has 0 spiro atoms. The van der Waals surface area contributed by atoms with Gasteiger partial charge in [-0.3, -0.25) is 9.69 Å². The zero-order valence-electron chi connectivity index (χ0n) is 21.1. The Kier molecular flexibility index (Phi) is 9.90. The number of amides is 1. The minimum atomic E-state index is -4.47. The third-order valence-corrected chi connectivity index (χ3v) is 6.67. The van der Waals surface area contributed by atoms with Crippen molar-refractivity contribution in [2.45, 2.75) is 38.5 Å². The van der Waals surface area contributed by atoms with Crippen molar-refractivity contribution in [3.63, 3.8) is 0 Å². The van der Waals surface area contributed by atoms with Crippen molar-refractivity contribution in [3.8, 4) is 0 Å². The molecule has 0 bridgehead atoms. The number of benzene rings is 2. The van der Waals surface area contributed by atoms with Crippen LogP contribution in [0.3, 0.4) is 0 Å². The molecule has 2 aromatic carbocycles. The van der Waals surface area contributed by atoms with Gasteiger partial charge in [-0.2, -0.15) is 13.2 Å². The number of alkyl halides is 3. The van der Waals surface area contributed by atoms with Crippen LogP contribution < -0.4 is 0 Å². The van der Waals surface area contributed by atoms with Crippen molar-refractivity contribution in [1.29, 1.82) is 0 Å². The molecule has 0 aliphatic carbocycles. The van der Waals surface area contributed by atoms with Crippen molar-refractivity contribution >= 4 is 5.91 Å². The average Bonchev–Trinajstić information content (AvgIpc) is 2.85. The Morgan fingerprint density at radius 2 is 1.81 bits per heavy atom. The average molecular weight is 500 g/mol. The fraction of sp³-hybridized carbons (Fsp3) is 0.414. The fourth-order valence-electron chi connectivity index (χ4n) is 4.71. The monoisotopic (exact) mass is 499 g/mol. The summed E-state index contributed by atoms with van der Waals surface area (Å²) in [5.74, 6) is -0.143. The number of hydrogen-bond acceptors (Lipinski definition) is 3. The van der Waals surface area contributed by atoms with Crippen LogP contribution in [0.2, 0.25) is 0 Å². The van der Waals surface area contributed by atoms with Crippen molar-refractivity contribution in [2.75, 3.05) is 39.8 Å². The number of likely N-dealkylation sites (N-methyl/N-ethyl adjacent to an activating group) is 1. The van der Waals surface area contributed by atoms with Gasteiger partial charge in [-0.15, -0.1) is 13.2 Å². The lowest BCUT2D eigenvalue weighted by Crippen LogP contribution is -2.38. The molecule has 0 aromatic heterocycles. The maximum atomic E-state index is 13.6. The number of carbonyl (C=O) groups excluding carboxylic acids is 1. The lowest BCUT2D eigenvalue weighted by molar-refractivity contribution is -0.140. The Bertz CT molecular complexity index is 1050. The van der Waals surface area contributed by atoms with E-state index in [1.165, 1.54) is 23.3 Å². The fourth-order valence-corrected chi connectivity index (χ4v) is 4.71. The first kappa shape index (κ1) is 27.7. The molecule has 0 atom stereocenters. The summed E-state index contributed by atoms with van der Waals surface area (Å²) in [5.41, 5.74) is 3.12. The van der Waals surface area contributed by atoms with E-state index in [1.54, 1.807) is 17.0 Å². The van der Waals surface area contributed by atoms with Crippen LogP contribution in [0.25, 0.3) is 0 Å². The predicted octanol–water partition coefficient (Wildman–Crippen LogP) is 5.33. The van der Waals surface area contributed by atoms with E-state index in [9.17, 15) is 18.0 Å². The van der Waals surface area contributed by atoms with E-state index in [2.05, 4.69) is 30.2 Å². The summed E-state index contributed by atoms with van der Waals surface area (Å²) >= 11 is 0. The van der Waals surface area contributed by atoms with Gasteiger partial charge in [0.25, 0.3) is 0 Å². The van der Waals surface area contributed by atoms with Gasteiger partial charge in [0.15, 0.2) is 0 Å². The SMILES string of the molecule is C=CCN(C)CCN(Cc1ccccc1C(F)(F)F)C(=O)CCc1cccc2c1CN(CC=C)CC2. The smallest absolute Gasteiger partial charge is 0.337 e. The molecule has 0 radical (unpaired) electrons. The van der Waals surface area contributed by atoms with Crippen LogP contribution in [-0.4, -0.2) is 60.4 Å². The molecule has 0 N–H and O–H groups in total. The molecule has 36 heavy (non-hydrogen) atoms. The van der Waals surface area contributed by atoms with Gasteiger partial charge in [-0.1, -0.05) is 48.6 Å². The largest absolute Gasteiger partial charge is 0.416 e.